The van der Waals surface area contributed by atoms with E-state index in [1.807, 2.05) is 6.07 Å². The van der Waals surface area contributed by atoms with Crippen molar-refractivity contribution in [2.24, 2.45) is 5.92 Å². The summed E-state index contributed by atoms with van der Waals surface area (Å²) in [6.45, 7) is 6.94. The lowest BCUT2D eigenvalue weighted by molar-refractivity contribution is 0.262. The molecule has 1 fully saturated rings. The number of benzene rings is 1. The third-order valence-electron chi connectivity index (χ3n) is 4.40. The van der Waals surface area contributed by atoms with Crippen molar-refractivity contribution in [3.63, 3.8) is 0 Å². The van der Waals surface area contributed by atoms with Crippen LogP contribution in [0.15, 0.2) is 24.3 Å². The molecule has 0 amide bonds. The van der Waals surface area contributed by atoms with Gasteiger partial charge in [-0.25, -0.2) is 0 Å². The van der Waals surface area contributed by atoms with E-state index in [1.54, 1.807) is 0 Å². The topological polar surface area (TPSA) is 12.0 Å². The third kappa shape index (κ3) is 4.79. The Kier molecular flexibility index (Phi) is 5.92. The van der Waals surface area contributed by atoms with Crippen LogP contribution in [0.2, 0.25) is 5.02 Å². The second-order valence-electron chi connectivity index (χ2n) is 6.81. The van der Waals surface area contributed by atoms with Gasteiger partial charge in [0.05, 0.1) is 0 Å². The summed E-state index contributed by atoms with van der Waals surface area (Å²) < 4.78 is 0. The summed E-state index contributed by atoms with van der Waals surface area (Å²) >= 11 is 6.06. The van der Waals surface area contributed by atoms with Gasteiger partial charge >= 0.3 is 0 Å². The molecule has 1 N–H and O–H groups in total. The van der Waals surface area contributed by atoms with Gasteiger partial charge in [0.1, 0.15) is 0 Å². The summed E-state index contributed by atoms with van der Waals surface area (Å²) in [5, 5.41) is 4.63. The van der Waals surface area contributed by atoms with Gasteiger partial charge in [-0.15, -0.1) is 0 Å². The van der Waals surface area contributed by atoms with Gasteiger partial charge in [0, 0.05) is 17.1 Å². The van der Waals surface area contributed by atoms with Gasteiger partial charge in [0.2, 0.25) is 0 Å². The van der Waals surface area contributed by atoms with Gasteiger partial charge in [-0.05, 0) is 55.7 Å². The zero-order valence-electron chi connectivity index (χ0n) is 13.0. The van der Waals surface area contributed by atoms with E-state index >= 15 is 0 Å². The Morgan fingerprint density at radius 2 is 1.95 bits per heavy atom. The third-order valence-corrected chi connectivity index (χ3v) is 4.63. The van der Waals surface area contributed by atoms with Crippen LogP contribution in [0.1, 0.15) is 64.4 Å². The fourth-order valence-electron chi connectivity index (χ4n) is 3.10. The number of hydrogen-bond donors (Lipinski definition) is 1. The summed E-state index contributed by atoms with van der Waals surface area (Å²) in [5.41, 5.74) is 1.41. The monoisotopic (exact) mass is 293 g/mol. The van der Waals surface area contributed by atoms with Crippen LogP contribution in [0.5, 0.6) is 0 Å². The first-order valence-electron chi connectivity index (χ1n) is 8.06. The predicted octanol–water partition coefficient (Wildman–Crippen LogP) is 5.39. The molecular weight excluding hydrogens is 266 g/mol. The van der Waals surface area contributed by atoms with Gasteiger partial charge in [0.25, 0.3) is 0 Å². The Bertz CT molecular complexity index is 410. The van der Waals surface area contributed by atoms with E-state index in [1.165, 1.54) is 37.7 Å². The fraction of sp³-hybridized carbons (Fsp3) is 0.667. The van der Waals surface area contributed by atoms with Gasteiger partial charge in [-0.1, -0.05) is 50.4 Å². The summed E-state index contributed by atoms with van der Waals surface area (Å²) in [7, 11) is 0. The zero-order chi connectivity index (χ0) is 14.5. The van der Waals surface area contributed by atoms with Crippen molar-refractivity contribution in [1.29, 1.82) is 0 Å². The molecule has 2 heteroatoms. The molecular formula is C18H28ClN. The number of hydrogen-bond acceptors (Lipinski definition) is 1. The van der Waals surface area contributed by atoms with Gasteiger partial charge in [-0.2, -0.15) is 0 Å². The van der Waals surface area contributed by atoms with Crippen LogP contribution in [0.25, 0.3) is 0 Å². The highest BCUT2D eigenvalue weighted by molar-refractivity contribution is 6.30. The molecule has 112 valence electrons. The van der Waals surface area contributed by atoms with Gasteiger partial charge in [-0.3, -0.25) is 0 Å². The van der Waals surface area contributed by atoms with Crippen molar-refractivity contribution in [2.45, 2.75) is 70.9 Å². The first-order valence-corrected chi connectivity index (χ1v) is 8.44. The van der Waals surface area contributed by atoms with E-state index in [-0.39, 0.29) is 0 Å². The van der Waals surface area contributed by atoms with E-state index in [2.05, 4.69) is 44.3 Å². The van der Waals surface area contributed by atoms with Crippen LogP contribution in [0.3, 0.4) is 0 Å². The van der Waals surface area contributed by atoms with Crippen LogP contribution >= 0.6 is 11.6 Å². The van der Waals surface area contributed by atoms with Crippen LogP contribution in [0.4, 0.5) is 0 Å². The van der Waals surface area contributed by atoms with E-state index in [9.17, 15) is 0 Å². The first-order chi connectivity index (χ1) is 9.54. The molecule has 1 aliphatic carbocycles. The second-order valence-corrected chi connectivity index (χ2v) is 7.25. The Hall–Kier alpha value is -0.530. The molecule has 0 bridgehead atoms. The Morgan fingerprint density at radius 3 is 2.60 bits per heavy atom. The summed E-state index contributed by atoms with van der Waals surface area (Å²) in [6.07, 6.45) is 6.51. The largest absolute Gasteiger partial charge is 0.311 e. The molecule has 2 rings (SSSR count). The van der Waals surface area contributed by atoms with Crippen molar-refractivity contribution in [3.05, 3.63) is 34.9 Å². The smallest absolute Gasteiger partial charge is 0.0408 e. The maximum Gasteiger partial charge on any atom is 0.0408 e. The average Bonchev–Trinajstić information content (AvgIpc) is 2.32. The summed E-state index contributed by atoms with van der Waals surface area (Å²) in [5.74, 6) is 1.53. The van der Waals surface area contributed by atoms with Crippen LogP contribution in [-0.4, -0.2) is 12.1 Å². The standard InChI is InChI=1S/C18H28ClN/c1-13(2)6-4-7-14(3)20-18-11-16(12-18)15-8-5-9-17(19)10-15/h5,8-10,13-14,16,18,20H,4,6-7,11-12H2,1-3H3. The fourth-order valence-corrected chi connectivity index (χ4v) is 3.30. The molecule has 0 spiro atoms. The number of rotatable bonds is 7. The van der Waals surface area contributed by atoms with E-state index in [4.69, 9.17) is 11.6 Å². The lowest BCUT2D eigenvalue weighted by Crippen LogP contribution is -2.44. The lowest BCUT2D eigenvalue weighted by atomic mass is 9.75. The Morgan fingerprint density at radius 1 is 1.20 bits per heavy atom. The van der Waals surface area contributed by atoms with E-state index in [0.717, 1.165) is 10.9 Å². The normalized spacial score (nSPS) is 23.6. The molecule has 20 heavy (non-hydrogen) atoms. The van der Waals surface area contributed by atoms with Gasteiger partial charge < -0.3 is 5.32 Å². The van der Waals surface area contributed by atoms with Crippen LogP contribution < -0.4 is 5.32 Å². The number of nitrogens with one attached hydrogen (secondary N) is 1. The predicted molar refractivity (Wildman–Crippen MR) is 88.5 cm³/mol. The van der Waals surface area contributed by atoms with E-state index in [0.29, 0.717) is 18.0 Å². The Labute approximate surface area is 129 Å². The zero-order valence-corrected chi connectivity index (χ0v) is 13.8. The molecule has 0 radical (unpaired) electrons. The summed E-state index contributed by atoms with van der Waals surface area (Å²) in [6, 6.07) is 9.70. The van der Waals surface area contributed by atoms with Crippen molar-refractivity contribution in [1.82, 2.24) is 5.32 Å². The summed E-state index contributed by atoms with van der Waals surface area (Å²) in [4.78, 5) is 0. The van der Waals surface area contributed by atoms with Crippen molar-refractivity contribution < 1.29 is 0 Å². The highest BCUT2D eigenvalue weighted by atomic mass is 35.5. The molecule has 0 aromatic heterocycles. The van der Waals surface area contributed by atoms with Crippen LogP contribution in [0, 0.1) is 5.92 Å². The highest BCUT2D eigenvalue weighted by Gasteiger charge is 2.30. The molecule has 0 heterocycles. The van der Waals surface area contributed by atoms with Crippen LogP contribution in [-0.2, 0) is 0 Å². The minimum atomic E-state index is 0.652. The molecule has 0 aliphatic heterocycles. The molecule has 1 aromatic rings. The molecule has 1 aliphatic rings. The Balaban J connectivity index is 1.66. The second kappa shape index (κ2) is 7.47. The molecule has 1 saturated carbocycles. The van der Waals surface area contributed by atoms with Crippen molar-refractivity contribution in [3.8, 4) is 0 Å². The SMILES string of the molecule is CC(C)CCCC(C)NC1CC(c2cccc(Cl)c2)C1. The van der Waals surface area contributed by atoms with Gasteiger partial charge in [0.15, 0.2) is 0 Å². The quantitative estimate of drug-likeness (QED) is 0.710. The maximum atomic E-state index is 6.06. The highest BCUT2D eigenvalue weighted by Crippen LogP contribution is 2.37. The minimum Gasteiger partial charge on any atom is -0.311 e. The minimum absolute atomic E-state index is 0.652. The van der Waals surface area contributed by atoms with Crippen molar-refractivity contribution in [2.75, 3.05) is 0 Å². The maximum absolute atomic E-state index is 6.06. The first kappa shape index (κ1) is 15.9. The molecule has 1 unspecified atom stereocenters. The molecule has 1 atom stereocenters. The van der Waals surface area contributed by atoms with Crippen molar-refractivity contribution >= 4 is 11.6 Å². The molecule has 0 saturated heterocycles. The van der Waals surface area contributed by atoms with E-state index < -0.39 is 0 Å². The molecule has 1 nitrogen and oxygen atoms in total. The average molecular weight is 294 g/mol. The lowest BCUT2D eigenvalue weighted by Gasteiger charge is -2.38. The molecule has 1 aromatic carbocycles. The number of halogens is 1.